The van der Waals surface area contributed by atoms with E-state index >= 15 is 0 Å². The van der Waals surface area contributed by atoms with Crippen LogP contribution in [-0.4, -0.2) is 12.3 Å². The third kappa shape index (κ3) is 1.74. The largest absolute Gasteiger partial charge is 0.300 e. The molecule has 4 nitrogen and oxygen atoms in total. The Morgan fingerprint density at radius 3 is 2.90 bits per heavy atom. The van der Waals surface area contributed by atoms with Gasteiger partial charge in [0.1, 0.15) is 5.78 Å². The topological polar surface area (TPSA) is 65.8 Å². The highest BCUT2D eigenvalue weighted by Crippen LogP contribution is 2.25. The number of rotatable bonds is 3. The van der Waals surface area contributed by atoms with Crippen LogP contribution in [0.5, 0.6) is 0 Å². The van der Waals surface area contributed by atoms with Crippen molar-refractivity contribution in [2.45, 2.75) is 19.3 Å². The molecule has 0 aromatic rings. The Morgan fingerprint density at radius 1 is 1.70 bits per heavy atom. The van der Waals surface area contributed by atoms with Crippen molar-refractivity contribution < 1.29 is 4.79 Å². The second-order valence-corrected chi connectivity index (χ2v) is 2.56. The summed E-state index contributed by atoms with van der Waals surface area (Å²) in [5.74, 6) is 0.837. The minimum Gasteiger partial charge on any atom is -0.300 e. The lowest BCUT2D eigenvalue weighted by Crippen LogP contribution is -2.23. The van der Waals surface area contributed by atoms with E-state index in [1.165, 1.54) is 0 Å². The average Bonchev–Trinajstić information content (AvgIpc) is 1.85. The first kappa shape index (κ1) is 7.09. The van der Waals surface area contributed by atoms with Gasteiger partial charge in [-0.15, -0.1) is 0 Å². The maximum atomic E-state index is 10.4. The van der Waals surface area contributed by atoms with E-state index in [1.807, 2.05) is 0 Å². The highest BCUT2D eigenvalue weighted by atomic mass is 16.1. The van der Waals surface area contributed by atoms with Gasteiger partial charge in [0.05, 0.1) is 0 Å². The summed E-state index contributed by atoms with van der Waals surface area (Å²) in [6.07, 6.45) is 2.26. The average molecular weight is 139 g/mol. The van der Waals surface area contributed by atoms with E-state index in [4.69, 9.17) is 5.53 Å². The van der Waals surface area contributed by atoms with Gasteiger partial charge < -0.3 is 0 Å². The minimum atomic E-state index is 0.339. The molecular formula is C6H9N3O. The number of hydrogen-bond acceptors (Lipinski definition) is 2. The molecule has 0 amide bonds. The Balaban J connectivity index is 2.05. The molecule has 0 unspecified atom stereocenters. The molecule has 0 N–H and O–H groups in total. The van der Waals surface area contributed by atoms with Crippen molar-refractivity contribution >= 4 is 5.78 Å². The number of nitrogens with zero attached hydrogens (tertiary/aromatic N) is 3. The molecule has 0 radical (unpaired) electrons. The van der Waals surface area contributed by atoms with Gasteiger partial charge in [-0.3, -0.25) is 4.79 Å². The van der Waals surface area contributed by atoms with Crippen molar-refractivity contribution in [3.63, 3.8) is 0 Å². The summed E-state index contributed by atoms with van der Waals surface area (Å²) in [5.41, 5.74) is 7.91. The number of Topliss-reactive ketones (excluding diaryl/α,β-unsaturated/α-hetero) is 1. The molecule has 0 spiro atoms. The predicted octanol–water partition coefficient (Wildman–Crippen LogP) is 1.67. The molecule has 1 fully saturated rings. The molecule has 0 aromatic carbocycles. The van der Waals surface area contributed by atoms with E-state index in [-0.39, 0.29) is 0 Å². The normalized spacial score (nSPS) is 17.8. The molecule has 0 atom stereocenters. The van der Waals surface area contributed by atoms with Gasteiger partial charge in [-0.1, -0.05) is 5.11 Å². The highest BCUT2D eigenvalue weighted by molar-refractivity contribution is 5.84. The van der Waals surface area contributed by atoms with Crippen LogP contribution in [0.3, 0.4) is 0 Å². The highest BCUT2D eigenvalue weighted by Gasteiger charge is 2.25. The van der Waals surface area contributed by atoms with Gasteiger partial charge >= 0.3 is 0 Å². The molecule has 0 saturated heterocycles. The van der Waals surface area contributed by atoms with E-state index in [0.29, 0.717) is 31.1 Å². The predicted molar refractivity (Wildman–Crippen MR) is 36.4 cm³/mol. The smallest absolute Gasteiger partial charge is 0.133 e. The Bertz CT molecular complexity index is 175. The van der Waals surface area contributed by atoms with Crippen LogP contribution in [0.4, 0.5) is 0 Å². The first-order chi connectivity index (χ1) is 4.83. The third-order valence-electron chi connectivity index (χ3n) is 1.73. The van der Waals surface area contributed by atoms with E-state index in [0.717, 1.165) is 6.42 Å². The summed E-state index contributed by atoms with van der Waals surface area (Å²) in [5, 5.41) is 3.39. The Kier molecular flexibility index (Phi) is 2.29. The van der Waals surface area contributed by atoms with Crippen molar-refractivity contribution in [1.82, 2.24) is 0 Å². The number of hydrogen-bond donors (Lipinski definition) is 0. The summed E-state index contributed by atoms with van der Waals surface area (Å²) < 4.78 is 0. The van der Waals surface area contributed by atoms with Crippen LogP contribution in [-0.2, 0) is 4.79 Å². The third-order valence-corrected chi connectivity index (χ3v) is 1.73. The molecule has 0 aliphatic heterocycles. The molecule has 4 heteroatoms. The van der Waals surface area contributed by atoms with Crippen molar-refractivity contribution in [2.24, 2.45) is 11.0 Å². The fourth-order valence-corrected chi connectivity index (χ4v) is 1.07. The maximum Gasteiger partial charge on any atom is 0.133 e. The lowest BCUT2D eigenvalue weighted by atomic mass is 9.82. The van der Waals surface area contributed by atoms with E-state index in [9.17, 15) is 4.79 Å². The first-order valence-electron chi connectivity index (χ1n) is 3.35. The summed E-state index contributed by atoms with van der Waals surface area (Å²) in [6.45, 7) is 0.536. The van der Waals surface area contributed by atoms with Crippen LogP contribution in [0.15, 0.2) is 5.11 Å². The molecule has 0 aromatic heterocycles. The van der Waals surface area contributed by atoms with Crippen LogP contribution < -0.4 is 0 Å². The molecular weight excluding hydrogens is 130 g/mol. The zero-order valence-electron chi connectivity index (χ0n) is 5.66. The summed E-state index contributed by atoms with van der Waals surface area (Å²) in [6, 6.07) is 0. The van der Waals surface area contributed by atoms with Crippen LogP contribution in [0.1, 0.15) is 19.3 Å². The molecule has 1 aliphatic carbocycles. The molecule has 54 valence electrons. The maximum absolute atomic E-state index is 10.4. The number of carbonyl (C=O) groups is 1. The fraction of sp³-hybridized carbons (Fsp3) is 0.833. The molecule has 1 saturated carbocycles. The van der Waals surface area contributed by atoms with Crippen LogP contribution >= 0.6 is 0 Å². The second-order valence-electron chi connectivity index (χ2n) is 2.56. The summed E-state index contributed by atoms with van der Waals surface area (Å²) in [7, 11) is 0. The van der Waals surface area contributed by atoms with Gasteiger partial charge in [-0.25, -0.2) is 0 Å². The molecule has 10 heavy (non-hydrogen) atoms. The van der Waals surface area contributed by atoms with Gasteiger partial charge in [0.25, 0.3) is 0 Å². The van der Waals surface area contributed by atoms with Crippen LogP contribution in [0.2, 0.25) is 0 Å². The van der Waals surface area contributed by atoms with Crippen molar-refractivity contribution in [2.75, 3.05) is 6.54 Å². The second kappa shape index (κ2) is 3.22. The SMILES string of the molecule is [N-]=[N+]=NCCC1CC(=O)C1. The monoisotopic (exact) mass is 139 g/mol. The summed E-state index contributed by atoms with van der Waals surface area (Å²) >= 11 is 0. The van der Waals surface area contributed by atoms with Gasteiger partial charge in [-0.05, 0) is 17.9 Å². The van der Waals surface area contributed by atoms with Gasteiger partial charge in [0.15, 0.2) is 0 Å². The Labute approximate surface area is 58.9 Å². The van der Waals surface area contributed by atoms with Crippen molar-refractivity contribution in [3.8, 4) is 0 Å². The fourth-order valence-electron chi connectivity index (χ4n) is 1.07. The quantitative estimate of drug-likeness (QED) is 0.333. The lowest BCUT2D eigenvalue weighted by Gasteiger charge is -2.22. The zero-order chi connectivity index (χ0) is 7.40. The van der Waals surface area contributed by atoms with E-state index < -0.39 is 0 Å². The van der Waals surface area contributed by atoms with Gasteiger partial charge in [-0.2, -0.15) is 0 Å². The standard InChI is InChI=1S/C6H9N3O/c7-9-8-2-1-5-3-6(10)4-5/h5H,1-4H2. The Morgan fingerprint density at radius 2 is 2.40 bits per heavy atom. The van der Waals surface area contributed by atoms with Crippen molar-refractivity contribution in [1.29, 1.82) is 0 Å². The van der Waals surface area contributed by atoms with Gasteiger partial charge in [0, 0.05) is 24.3 Å². The van der Waals surface area contributed by atoms with Crippen molar-refractivity contribution in [3.05, 3.63) is 10.4 Å². The summed E-state index contributed by atoms with van der Waals surface area (Å²) in [4.78, 5) is 13.1. The molecule has 1 aliphatic rings. The number of carbonyl (C=O) groups excluding carboxylic acids is 1. The molecule has 0 heterocycles. The molecule has 1 rings (SSSR count). The number of ketones is 1. The molecule has 0 bridgehead atoms. The van der Waals surface area contributed by atoms with E-state index in [2.05, 4.69) is 10.0 Å². The van der Waals surface area contributed by atoms with Gasteiger partial charge in [0.2, 0.25) is 0 Å². The lowest BCUT2D eigenvalue weighted by molar-refractivity contribution is -0.126. The van der Waals surface area contributed by atoms with Crippen LogP contribution in [0, 0.1) is 5.92 Å². The van der Waals surface area contributed by atoms with Crippen LogP contribution in [0.25, 0.3) is 10.4 Å². The van der Waals surface area contributed by atoms with E-state index in [1.54, 1.807) is 0 Å². The zero-order valence-corrected chi connectivity index (χ0v) is 5.66. The Hall–Kier alpha value is -1.02. The number of azide groups is 1. The minimum absolute atomic E-state index is 0.339. The first-order valence-corrected chi connectivity index (χ1v) is 3.35.